The van der Waals surface area contributed by atoms with E-state index in [9.17, 15) is 9.90 Å². The van der Waals surface area contributed by atoms with Crippen LogP contribution in [0.3, 0.4) is 0 Å². The molecular formula is C13H16ClNO2S. The van der Waals surface area contributed by atoms with Crippen LogP contribution in [0.4, 0.5) is 0 Å². The smallest absolute Gasteiger partial charge is 0.186 e. The molecule has 2 bridgehead atoms. The number of thiophene rings is 1. The maximum absolute atomic E-state index is 12.2. The Morgan fingerprint density at radius 1 is 1.39 bits per heavy atom. The summed E-state index contributed by atoms with van der Waals surface area (Å²) in [7, 11) is 0. The number of piperidine rings is 1. The van der Waals surface area contributed by atoms with Crippen molar-refractivity contribution in [3.05, 3.63) is 21.3 Å². The van der Waals surface area contributed by atoms with Crippen molar-refractivity contribution in [2.24, 2.45) is 0 Å². The number of fused-ring (bicyclic) bond motifs is 2. The number of rotatable bonds is 3. The standard InChI is InChI=1S/C13H16ClNO2S/c14-13-4-3-12(18-13)11(17)7-15-8-1-2-9(15)6-10(16)5-8/h3-4,8-10,16H,1-2,5-7H2. The molecule has 0 radical (unpaired) electrons. The van der Waals surface area contributed by atoms with Crippen LogP contribution < -0.4 is 0 Å². The largest absolute Gasteiger partial charge is 0.393 e. The minimum absolute atomic E-state index is 0.153. The third kappa shape index (κ3) is 2.35. The maximum Gasteiger partial charge on any atom is 0.186 e. The second-order valence-corrected chi connectivity index (χ2v) is 6.92. The predicted octanol–water partition coefficient (Wildman–Crippen LogP) is 2.57. The summed E-state index contributed by atoms with van der Waals surface area (Å²) >= 11 is 7.20. The second kappa shape index (κ2) is 4.93. The van der Waals surface area contributed by atoms with E-state index in [0.717, 1.165) is 30.6 Å². The Morgan fingerprint density at radius 2 is 2.06 bits per heavy atom. The lowest BCUT2D eigenvalue weighted by atomic mass is 9.99. The normalized spacial score (nSPS) is 31.8. The molecule has 0 aliphatic carbocycles. The van der Waals surface area contributed by atoms with Crippen molar-refractivity contribution in [1.29, 1.82) is 0 Å². The van der Waals surface area contributed by atoms with E-state index in [1.807, 2.05) is 0 Å². The summed E-state index contributed by atoms with van der Waals surface area (Å²) in [6.07, 6.45) is 3.68. The van der Waals surface area contributed by atoms with E-state index < -0.39 is 0 Å². The van der Waals surface area contributed by atoms with Gasteiger partial charge in [-0.05, 0) is 37.8 Å². The van der Waals surface area contributed by atoms with Crippen molar-refractivity contribution in [3.63, 3.8) is 0 Å². The van der Waals surface area contributed by atoms with Gasteiger partial charge in [-0.3, -0.25) is 9.69 Å². The van der Waals surface area contributed by atoms with E-state index in [1.165, 1.54) is 11.3 Å². The fourth-order valence-electron chi connectivity index (χ4n) is 3.21. The lowest BCUT2D eigenvalue weighted by molar-refractivity contribution is 0.0345. The molecule has 2 saturated heterocycles. The summed E-state index contributed by atoms with van der Waals surface area (Å²) in [5.41, 5.74) is 0. The van der Waals surface area contributed by atoms with Gasteiger partial charge in [0.1, 0.15) is 0 Å². The highest BCUT2D eigenvalue weighted by atomic mass is 35.5. The van der Waals surface area contributed by atoms with E-state index >= 15 is 0 Å². The van der Waals surface area contributed by atoms with Crippen LogP contribution in [-0.4, -0.2) is 40.5 Å². The van der Waals surface area contributed by atoms with Gasteiger partial charge in [-0.15, -0.1) is 11.3 Å². The average molecular weight is 286 g/mol. The van der Waals surface area contributed by atoms with E-state index in [4.69, 9.17) is 11.6 Å². The molecule has 2 aliphatic heterocycles. The summed E-state index contributed by atoms with van der Waals surface area (Å²) in [6, 6.07) is 4.35. The van der Waals surface area contributed by atoms with Crippen LogP contribution in [0.5, 0.6) is 0 Å². The molecule has 3 nitrogen and oxygen atoms in total. The molecule has 2 unspecified atom stereocenters. The quantitative estimate of drug-likeness (QED) is 0.868. The summed E-state index contributed by atoms with van der Waals surface area (Å²) < 4.78 is 0.662. The van der Waals surface area contributed by atoms with Crippen molar-refractivity contribution in [1.82, 2.24) is 4.90 Å². The highest BCUT2D eigenvalue weighted by molar-refractivity contribution is 7.18. The van der Waals surface area contributed by atoms with E-state index in [-0.39, 0.29) is 11.9 Å². The fraction of sp³-hybridized carbons (Fsp3) is 0.615. The van der Waals surface area contributed by atoms with Crippen molar-refractivity contribution < 1.29 is 9.90 Å². The summed E-state index contributed by atoms with van der Waals surface area (Å²) in [5, 5.41) is 9.74. The van der Waals surface area contributed by atoms with Gasteiger partial charge >= 0.3 is 0 Å². The van der Waals surface area contributed by atoms with Crippen molar-refractivity contribution >= 4 is 28.7 Å². The van der Waals surface area contributed by atoms with Gasteiger partial charge in [0, 0.05) is 12.1 Å². The molecule has 2 atom stereocenters. The number of ketones is 1. The van der Waals surface area contributed by atoms with Crippen LogP contribution in [0, 0.1) is 0 Å². The predicted molar refractivity (Wildman–Crippen MR) is 72.4 cm³/mol. The number of aliphatic hydroxyl groups excluding tert-OH is 1. The molecule has 0 saturated carbocycles. The number of nitrogens with zero attached hydrogens (tertiary/aromatic N) is 1. The number of carbonyl (C=O) groups excluding carboxylic acids is 1. The Kier molecular flexibility index (Phi) is 3.45. The minimum atomic E-state index is -0.176. The third-order valence-electron chi connectivity index (χ3n) is 4.03. The number of carbonyl (C=O) groups is 1. The van der Waals surface area contributed by atoms with E-state index in [2.05, 4.69) is 4.90 Å². The molecule has 0 spiro atoms. The molecule has 0 aromatic carbocycles. The molecule has 2 aliphatic rings. The summed E-state index contributed by atoms with van der Waals surface area (Å²) in [6.45, 7) is 0.471. The number of halogens is 1. The second-order valence-electron chi connectivity index (χ2n) is 5.21. The molecule has 3 heterocycles. The van der Waals surface area contributed by atoms with E-state index in [0.29, 0.717) is 23.0 Å². The van der Waals surface area contributed by atoms with Gasteiger partial charge in [0.15, 0.2) is 5.78 Å². The lowest BCUT2D eigenvalue weighted by Crippen LogP contribution is -2.46. The molecular weight excluding hydrogens is 270 g/mol. The molecule has 1 aromatic rings. The fourth-order valence-corrected chi connectivity index (χ4v) is 4.18. The van der Waals surface area contributed by atoms with Gasteiger partial charge in [0.25, 0.3) is 0 Å². The van der Waals surface area contributed by atoms with Crippen molar-refractivity contribution in [3.8, 4) is 0 Å². The SMILES string of the molecule is O=C(CN1C2CCC1CC(O)C2)c1ccc(Cl)s1. The Labute approximate surface area is 115 Å². The molecule has 0 amide bonds. The Bertz CT molecular complexity index is 448. The average Bonchev–Trinajstić information content (AvgIpc) is 2.83. The minimum Gasteiger partial charge on any atom is -0.393 e. The Hall–Kier alpha value is -0.420. The molecule has 1 N–H and O–H groups in total. The highest BCUT2D eigenvalue weighted by Gasteiger charge is 2.40. The highest BCUT2D eigenvalue weighted by Crippen LogP contribution is 2.36. The van der Waals surface area contributed by atoms with Gasteiger partial charge in [0.2, 0.25) is 0 Å². The third-order valence-corrected chi connectivity index (χ3v) is 5.31. The zero-order valence-electron chi connectivity index (χ0n) is 10.0. The van der Waals surface area contributed by atoms with Crippen molar-refractivity contribution in [2.45, 2.75) is 43.9 Å². The van der Waals surface area contributed by atoms with Crippen LogP contribution >= 0.6 is 22.9 Å². The number of hydrogen-bond donors (Lipinski definition) is 1. The van der Waals surface area contributed by atoms with Crippen molar-refractivity contribution in [2.75, 3.05) is 6.54 Å². The Balaban J connectivity index is 1.68. The molecule has 98 valence electrons. The summed E-state index contributed by atoms with van der Waals surface area (Å²) in [5.74, 6) is 0.153. The molecule has 5 heteroatoms. The van der Waals surface area contributed by atoms with Gasteiger partial charge in [0.05, 0.1) is 21.9 Å². The first-order chi connectivity index (χ1) is 8.63. The van der Waals surface area contributed by atoms with Crippen LogP contribution in [0.25, 0.3) is 0 Å². The molecule has 3 rings (SSSR count). The first-order valence-corrected chi connectivity index (χ1v) is 7.55. The number of hydrogen-bond acceptors (Lipinski definition) is 4. The van der Waals surface area contributed by atoms with Gasteiger partial charge in [-0.2, -0.15) is 0 Å². The zero-order valence-corrected chi connectivity index (χ0v) is 11.6. The van der Waals surface area contributed by atoms with Crippen LogP contribution in [-0.2, 0) is 0 Å². The van der Waals surface area contributed by atoms with Gasteiger partial charge in [-0.1, -0.05) is 11.6 Å². The first-order valence-electron chi connectivity index (χ1n) is 6.36. The number of aliphatic hydroxyl groups is 1. The molecule has 18 heavy (non-hydrogen) atoms. The molecule has 1 aromatic heterocycles. The maximum atomic E-state index is 12.2. The van der Waals surface area contributed by atoms with Crippen LogP contribution in [0.2, 0.25) is 4.34 Å². The first kappa shape index (κ1) is 12.6. The van der Waals surface area contributed by atoms with Crippen LogP contribution in [0.15, 0.2) is 12.1 Å². The zero-order chi connectivity index (χ0) is 12.7. The lowest BCUT2D eigenvalue weighted by Gasteiger charge is -2.36. The summed E-state index contributed by atoms with van der Waals surface area (Å²) in [4.78, 5) is 15.2. The topological polar surface area (TPSA) is 40.5 Å². The Morgan fingerprint density at radius 3 is 2.61 bits per heavy atom. The molecule has 2 fully saturated rings. The monoisotopic (exact) mass is 285 g/mol. The van der Waals surface area contributed by atoms with Crippen LogP contribution in [0.1, 0.15) is 35.4 Å². The van der Waals surface area contributed by atoms with E-state index in [1.54, 1.807) is 12.1 Å². The van der Waals surface area contributed by atoms with Gasteiger partial charge < -0.3 is 5.11 Å². The number of Topliss-reactive ketones (excluding diaryl/α,β-unsaturated/α-hetero) is 1. The van der Waals surface area contributed by atoms with Gasteiger partial charge in [-0.25, -0.2) is 0 Å².